The summed E-state index contributed by atoms with van der Waals surface area (Å²) >= 11 is 0. The maximum atomic E-state index is 8.85. The zero-order chi connectivity index (χ0) is 14.5. The van der Waals surface area contributed by atoms with Gasteiger partial charge in [0, 0.05) is 12.1 Å². The Morgan fingerprint density at radius 1 is 0.850 bits per heavy atom. The van der Waals surface area contributed by atoms with Gasteiger partial charge in [0.1, 0.15) is 17.2 Å². The Morgan fingerprint density at radius 2 is 1.40 bits per heavy atom. The van der Waals surface area contributed by atoms with E-state index in [1.807, 2.05) is 12.1 Å². The number of ether oxygens (including phenoxy) is 3. The van der Waals surface area contributed by atoms with E-state index in [2.05, 4.69) is 6.07 Å². The molecule has 4 heteroatoms. The molecule has 2 aromatic carbocycles. The van der Waals surface area contributed by atoms with Gasteiger partial charge in [-0.05, 0) is 17.7 Å². The van der Waals surface area contributed by atoms with Crippen LogP contribution in [0.15, 0.2) is 36.4 Å². The minimum Gasteiger partial charge on any atom is -0.496 e. The SMILES string of the molecule is COc1cc(OC)c(-c2ccc(C#N)cc2)c(OC)c1. The summed E-state index contributed by atoms with van der Waals surface area (Å²) in [6, 6.07) is 13.0. The molecule has 0 saturated carbocycles. The minimum atomic E-state index is 0.611. The predicted molar refractivity (Wildman–Crippen MR) is 76.2 cm³/mol. The van der Waals surface area contributed by atoms with Crippen LogP contribution in [0.1, 0.15) is 5.56 Å². The van der Waals surface area contributed by atoms with E-state index < -0.39 is 0 Å². The molecule has 0 bridgehead atoms. The van der Waals surface area contributed by atoms with Gasteiger partial charge < -0.3 is 14.2 Å². The van der Waals surface area contributed by atoms with E-state index in [0.717, 1.165) is 11.1 Å². The van der Waals surface area contributed by atoms with Crippen molar-refractivity contribution in [2.45, 2.75) is 0 Å². The molecular formula is C16H15NO3. The summed E-state index contributed by atoms with van der Waals surface area (Å²) in [5.74, 6) is 1.98. The highest BCUT2D eigenvalue weighted by atomic mass is 16.5. The van der Waals surface area contributed by atoms with Gasteiger partial charge in [-0.15, -0.1) is 0 Å². The van der Waals surface area contributed by atoms with Crippen LogP contribution >= 0.6 is 0 Å². The molecule has 0 atom stereocenters. The van der Waals surface area contributed by atoms with Crippen molar-refractivity contribution in [2.75, 3.05) is 21.3 Å². The molecular weight excluding hydrogens is 254 g/mol. The monoisotopic (exact) mass is 269 g/mol. The van der Waals surface area contributed by atoms with Crippen LogP contribution in [0.5, 0.6) is 17.2 Å². The molecule has 0 radical (unpaired) electrons. The lowest BCUT2D eigenvalue weighted by Gasteiger charge is -2.15. The van der Waals surface area contributed by atoms with Crippen LogP contribution < -0.4 is 14.2 Å². The van der Waals surface area contributed by atoms with Crippen molar-refractivity contribution >= 4 is 0 Å². The number of rotatable bonds is 4. The smallest absolute Gasteiger partial charge is 0.134 e. The highest BCUT2D eigenvalue weighted by molar-refractivity contribution is 5.78. The number of hydrogen-bond donors (Lipinski definition) is 0. The molecule has 102 valence electrons. The van der Waals surface area contributed by atoms with E-state index in [1.165, 1.54) is 0 Å². The Labute approximate surface area is 118 Å². The molecule has 2 rings (SSSR count). The summed E-state index contributed by atoms with van der Waals surface area (Å²) in [6.45, 7) is 0. The third-order valence-corrected chi connectivity index (χ3v) is 3.02. The maximum Gasteiger partial charge on any atom is 0.134 e. The fourth-order valence-electron chi connectivity index (χ4n) is 2.00. The van der Waals surface area contributed by atoms with Gasteiger partial charge in [-0.3, -0.25) is 0 Å². The standard InChI is InChI=1S/C16H15NO3/c1-18-13-8-14(19-2)16(15(9-13)20-3)12-6-4-11(10-17)5-7-12/h4-9H,1-3H3. The lowest BCUT2D eigenvalue weighted by atomic mass is 10.0. The highest BCUT2D eigenvalue weighted by Gasteiger charge is 2.15. The number of nitrogens with zero attached hydrogens (tertiary/aromatic N) is 1. The van der Waals surface area contributed by atoms with E-state index in [-0.39, 0.29) is 0 Å². The van der Waals surface area contributed by atoms with Gasteiger partial charge in [-0.25, -0.2) is 0 Å². The van der Waals surface area contributed by atoms with Crippen molar-refractivity contribution in [1.29, 1.82) is 5.26 Å². The van der Waals surface area contributed by atoms with E-state index in [1.54, 1.807) is 45.6 Å². The van der Waals surface area contributed by atoms with Gasteiger partial charge in [0.05, 0.1) is 38.5 Å². The first-order chi connectivity index (χ1) is 9.73. The number of nitriles is 1. The van der Waals surface area contributed by atoms with Crippen molar-refractivity contribution in [1.82, 2.24) is 0 Å². The third-order valence-electron chi connectivity index (χ3n) is 3.02. The average Bonchev–Trinajstić information content (AvgIpc) is 2.53. The minimum absolute atomic E-state index is 0.611. The predicted octanol–water partition coefficient (Wildman–Crippen LogP) is 3.25. The molecule has 0 N–H and O–H groups in total. The zero-order valence-corrected chi connectivity index (χ0v) is 11.6. The van der Waals surface area contributed by atoms with Crippen LogP contribution in [0.3, 0.4) is 0 Å². The van der Waals surface area contributed by atoms with Crippen LogP contribution in [-0.4, -0.2) is 21.3 Å². The molecule has 4 nitrogen and oxygen atoms in total. The summed E-state index contributed by atoms with van der Waals surface area (Å²) in [7, 11) is 4.79. The molecule has 2 aromatic rings. The average molecular weight is 269 g/mol. The summed E-state index contributed by atoms with van der Waals surface area (Å²) in [5.41, 5.74) is 2.36. The molecule has 0 heterocycles. The topological polar surface area (TPSA) is 51.5 Å². The van der Waals surface area contributed by atoms with Crippen LogP contribution in [0.4, 0.5) is 0 Å². The van der Waals surface area contributed by atoms with Crippen molar-refractivity contribution in [2.24, 2.45) is 0 Å². The fourth-order valence-corrected chi connectivity index (χ4v) is 2.00. The van der Waals surface area contributed by atoms with E-state index in [9.17, 15) is 0 Å². The van der Waals surface area contributed by atoms with Crippen molar-refractivity contribution in [3.05, 3.63) is 42.0 Å². The van der Waals surface area contributed by atoms with E-state index >= 15 is 0 Å². The molecule has 20 heavy (non-hydrogen) atoms. The summed E-state index contributed by atoms with van der Waals surface area (Å²) in [4.78, 5) is 0. The first kappa shape index (κ1) is 13.8. The molecule has 0 aliphatic heterocycles. The van der Waals surface area contributed by atoms with Crippen molar-refractivity contribution in [3.63, 3.8) is 0 Å². The highest BCUT2D eigenvalue weighted by Crippen LogP contribution is 2.41. The Morgan fingerprint density at radius 3 is 1.80 bits per heavy atom. The fraction of sp³-hybridized carbons (Fsp3) is 0.188. The molecule has 0 saturated heterocycles. The normalized spacial score (nSPS) is 9.70. The second kappa shape index (κ2) is 5.98. The maximum absolute atomic E-state index is 8.85. The number of hydrogen-bond acceptors (Lipinski definition) is 4. The van der Waals surface area contributed by atoms with Gasteiger partial charge in [0.2, 0.25) is 0 Å². The molecule has 0 aliphatic carbocycles. The Hall–Kier alpha value is -2.67. The quantitative estimate of drug-likeness (QED) is 0.855. The van der Waals surface area contributed by atoms with Gasteiger partial charge >= 0.3 is 0 Å². The summed E-state index contributed by atoms with van der Waals surface area (Å²) in [6.07, 6.45) is 0. The third kappa shape index (κ3) is 2.52. The molecule has 0 unspecified atom stereocenters. The van der Waals surface area contributed by atoms with Gasteiger partial charge in [0.25, 0.3) is 0 Å². The lowest BCUT2D eigenvalue weighted by Crippen LogP contribution is -1.95. The number of benzene rings is 2. The number of methoxy groups -OCH3 is 3. The largest absolute Gasteiger partial charge is 0.496 e. The first-order valence-electron chi connectivity index (χ1n) is 6.04. The van der Waals surface area contributed by atoms with E-state index in [0.29, 0.717) is 22.8 Å². The summed E-state index contributed by atoms with van der Waals surface area (Å²) < 4.78 is 16.1. The molecule has 0 amide bonds. The van der Waals surface area contributed by atoms with Gasteiger partial charge in [-0.1, -0.05) is 12.1 Å². The Balaban J connectivity index is 2.61. The van der Waals surface area contributed by atoms with Crippen LogP contribution in [0.25, 0.3) is 11.1 Å². The zero-order valence-electron chi connectivity index (χ0n) is 11.6. The van der Waals surface area contributed by atoms with Crippen LogP contribution in [0, 0.1) is 11.3 Å². The second-order valence-electron chi connectivity index (χ2n) is 4.10. The Kier molecular flexibility index (Phi) is 4.11. The molecule has 0 fully saturated rings. The van der Waals surface area contributed by atoms with Gasteiger partial charge in [-0.2, -0.15) is 5.26 Å². The molecule has 0 aliphatic rings. The first-order valence-corrected chi connectivity index (χ1v) is 6.04. The lowest BCUT2D eigenvalue weighted by molar-refractivity contribution is 0.377. The molecule has 0 spiro atoms. The van der Waals surface area contributed by atoms with Crippen molar-refractivity contribution < 1.29 is 14.2 Å². The van der Waals surface area contributed by atoms with Crippen LogP contribution in [0.2, 0.25) is 0 Å². The summed E-state index contributed by atoms with van der Waals surface area (Å²) in [5, 5.41) is 8.85. The van der Waals surface area contributed by atoms with Crippen LogP contribution in [-0.2, 0) is 0 Å². The Bertz CT molecular complexity index is 617. The van der Waals surface area contributed by atoms with Crippen molar-refractivity contribution in [3.8, 4) is 34.4 Å². The van der Waals surface area contributed by atoms with Gasteiger partial charge in [0.15, 0.2) is 0 Å². The molecule has 0 aromatic heterocycles. The van der Waals surface area contributed by atoms with E-state index in [4.69, 9.17) is 19.5 Å². The second-order valence-corrected chi connectivity index (χ2v) is 4.10.